The third-order valence-electron chi connectivity index (χ3n) is 6.94. The van der Waals surface area contributed by atoms with Gasteiger partial charge in [0, 0.05) is 30.4 Å². The number of nitrogens with one attached hydrogen (secondary N) is 3. The van der Waals surface area contributed by atoms with Crippen LogP contribution in [-0.2, 0) is 4.79 Å². The maximum Gasteiger partial charge on any atom is 0.242 e. The number of nitrogens with two attached hydrogens (primary N) is 1. The summed E-state index contributed by atoms with van der Waals surface area (Å²) >= 11 is 5.94. The molecule has 220 valence electrons. The first-order valence-corrected chi connectivity index (χ1v) is 13.1. The fourth-order valence-electron chi connectivity index (χ4n) is 4.81. The summed E-state index contributed by atoms with van der Waals surface area (Å²) in [7, 11) is 4.84. The van der Waals surface area contributed by atoms with E-state index in [9.17, 15) is 14.4 Å². The van der Waals surface area contributed by atoms with Crippen molar-refractivity contribution in [1.82, 2.24) is 20.5 Å². The molecule has 0 spiro atoms. The number of ether oxygens (including phenoxy) is 1. The number of methoxy groups -OCH3 is 1. The normalized spacial score (nSPS) is 16.0. The number of hydrogen-bond acceptors (Lipinski definition) is 9. The Morgan fingerprint density at radius 2 is 2.05 bits per heavy atom. The van der Waals surface area contributed by atoms with E-state index in [1.807, 2.05) is 7.05 Å². The lowest BCUT2D eigenvalue weighted by Gasteiger charge is -2.22. The number of amides is 1. The zero-order valence-electron chi connectivity index (χ0n) is 22.6. The molecule has 1 aliphatic rings. The van der Waals surface area contributed by atoms with Gasteiger partial charge in [-0.1, -0.05) is 23.7 Å². The Morgan fingerprint density at radius 3 is 2.71 bits per heavy atom. The van der Waals surface area contributed by atoms with E-state index in [-0.39, 0.29) is 22.2 Å². The SMILES string of the molecule is CNC(C(=O)NCC1CCN(C)C1)c1ccc(-c2c(F)ccc(NN(O)c3cc(Cl)cnc3OC)c2F)c(F)c1N. The fraction of sp³-hybridized carbons (Fsp3) is 0.333. The number of likely N-dealkylation sites (tertiary alicyclic amines) is 1. The van der Waals surface area contributed by atoms with Crippen LogP contribution in [0.1, 0.15) is 18.0 Å². The second-order valence-electron chi connectivity index (χ2n) is 9.70. The summed E-state index contributed by atoms with van der Waals surface area (Å²) < 4.78 is 51.2. The van der Waals surface area contributed by atoms with Gasteiger partial charge in [-0.15, -0.1) is 0 Å². The molecule has 3 aromatic rings. The largest absolute Gasteiger partial charge is 0.479 e. The van der Waals surface area contributed by atoms with Crippen LogP contribution in [0.5, 0.6) is 5.88 Å². The fourth-order valence-corrected chi connectivity index (χ4v) is 4.96. The molecule has 1 amide bonds. The summed E-state index contributed by atoms with van der Waals surface area (Å²) in [6.07, 6.45) is 2.23. The van der Waals surface area contributed by atoms with Crippen molar-refractivity contribution in [2.24, 2.45) is 5.92 Å². The average molecular weight is 594 g/mol. The van der Waals surface area contributed by atoms with Crippen LogP contribution in [0, 0.1) is 23.4 Å². The number of hydrogen-bond donors (Lipinski definition) is 5. The topological polar surface area (TPSA) is 128 Å². The second-order valence-corrected chi connectivity index (χ2v) is 10.1. The molecule has 41 heavy (non-hydrogen) atoms. The number of benzene rings is 2. The number of nitrogen functional groups attached to an aromatic ring is 1. The molecule has 2 heterocycles. The van der Waals surface area contributed by atoms with Crippen LogP contribution in [0.3, 0.4) is 0 Å². The number of aromatic nitrogens is 1. The van der Waals surface area contributed by atoms with Gasteiger partial charge in [-0.25, -0.2) is 18.2 Å². The van der Waals surface area contributed by atoms with E-state index >= 15 is 8.78 Å². The molecule has 0 aliphatic carbocycles. The zero-order valence-corrected chi connectivity index (χ0v) is 23.4. The Hall–Kier alpha value is -3.78. The minimum Gasteiger partial charge on any atom is -0.479 e. The number of carbonyl (C=O) groups is 1. The Kier molecular flexibility index (Phi) is 9.43. The third-order valence-corrected chi connectivity index (χ3v) is 7.14. The van der Waals surface area contributed by atoms with Gasteiger partial charge < -0.3 is 26.0 Å². The number of nitrogens with zero attached hydrogens (tertiary/aromatic N) is 3. The number of halogens is 4. The predicted molar refractivity (Wildman–Crippen MR) is 150 cm³/mol. The van der Waals surface area contributed by atoms with Crippen LogP contribution in [0.15, 0.2) is 36.5 Å². The van der Waals surface area contributed by atoms with E-state index in [0.717, 1.165) is 37.7 Å². The van der Waals surface area contributed by atoms with Crippen LogP contribution in [-0.4, -0.2) is 61.8 Å². The maximum atomic E-state index is 15.6. The lowest BCUT2D eigenvalue weighted by molar-refractivity contribution is -0.123. The molecule has 1 aliphatic heterocycles. The highest BCUT2D eigenvalue weighted by molar-refractivity contribution is 6.30. The lowest BCUT2D eigenvalue weighted by atomic mass is 9.96. The van der Waals surface area contributed by atoms with Crippen molar-refractivity contribution in [2.45, 2.75) is 12.5 Å². The van der Waals surface area contributed by atoms with Crippen LogP contribution < -0.4 is 31.7 Å². The lowest BCUT2D eigenvalue weighted by Crippen LogP contribution is -2.39. The summed E-state index contributed by atoms with van der Waals surface area (Å²) in [5.41, 5.74) is 6.42. The van der Waals surface area contributed by atoms with Crippen molar-refractivity contribution >= 4 is 34.6 Å². The van der Waals surface area contributed by atoms with Gasteiger partial charge in [0.1, 0.15) is 11.9 Å². The van der Waals surface area contributed by atoms with E-state index in [2.05, 4.69) is 25.9 Å². The molecule has 4 rings (SSSR count). The first-order valence-electron chi connectivity index (χ1n) is 12.7. The molecule has 1 aromatic heterocycles. The number of pyridine rings is 1. The molecule has 6 N–H and O–H groups in total. The second kappa shape index (κ2) is 12.8. The quantitative estimate of drug-likeness (QED) is 0.175. The van der Waals surface area contributed by atoms with Gasteiger partial charge in [0.25, 0.3) is 0 Å². The van der Waals surface area contributed by atoms with Gasteiger partial charge in [-0.3, -0.25) is 15.4 Å². The van der Waals surface area contributed by atoms with Gasteiger partial charge >= 0.3 is 0 Å². The maximum absolute atomic E-state index is 15.6. The van der Waals surface area contributed by atoms with Crippen LogP contribution in [0.25, 0.3) is 11.1 Å². The van der Waals surface area contributed by atoms with Crippen molar-refractivity contribution in [3.05, 3.63) is 64.6 Å². The number of rotatable bonds is 10. The first kappa shape index (κ1) is 30.2. The zero-order chi connectivity index (χ0) is 29.8. The number of anilines is 3. The molecule has 1 saturated heterocycles. The number of likely N-dealkylation sites (N-methyl/N-ethyl adjacent to an activating group) is 1. The van der Waals surface area contributed by atoms with Crippen LogP contribution in [0.2, 0.25) is 5.02 Å². The molecular formula is C27H31ClF3N7O3. The molecule has 14 heteroatoms. The van der Waals surface area contributed by atoms with Crippen molar-refractivity contribution < 1.29 is 27.9 Å². The monoisotopic (exact) mass is 593 g/mol. The minimum absolute atomic E-state index is 0.0414. The molecule has 0 saturated carbocycles. The highest BCUT2D eigenvalue weighted by Crippen LogP contribution is 2.37. The van der Waals surface area contributed by atoms with E-state index in [0.29, 0.717) is 17.6 Å². The van der Waals surface area contributed by atoms with Gasteiger partial charge in [-0.05, 0) is 51.2 Å². The smallest absolute Gasteiger partial charge is 0.242 e. The summed E-state index contributed by atoms with van der Waals surface area (Å²) in [5.74, 6) is -3.54. The molecule has 2 unspecified atom stereocenters. The molecule has 10 nitrogen and oxygen atoms in total. The molecule has 2 atom stereocenters. The summed E-state index contributed by atoms with van der Waals surface area (Å²) in [4.78, 5) is 19.0. The van der Waals surface area contributed by atoms with Crippen molar-refractivity contribution in [1.29, 1.82) is 0 Å². The van der Waals surface area contributed by atoms with E-state index < -0.39 is 51.9 Å². The Balaban J connectivity index is 1.61. The molecule has 0 bridgehead atoms. The van der Waals surface area contributed by atoms with Crippen molar-refractivity contribution in [2.75, 3.05) is 57.2 Å². The Morgan fingerprint density at radius 1 is 1.29 bits per heavy atom. The van der Waals surface area contributed by atoms with E-state index in [4.69, 9.17) is 22.1 Å². The van der Waals surface area contributed by atoms with Crippen molar-refractivity contribution in [3.8, 4) is 17.0 Å². The average Bonchev–Trinajstić information content (AvgIpc) is 3.37. The molecule has 2 aromatic carbocycles. The number of hydrazine groups is 1. The third kappa shape index (κ3) is 6.43. The van der Waals surface area contributed by atoms with Gasteiger partial charge in [0.2, 0.25) is 11.8 Å². The van der Waals surface area contributed by atoms with Crippen molar-refractivity contribution in [3.63, 3.8) is 0 Å². The first-order chi connectivity index (χ1) is 19.5. The summed E-state index contributed by atoms with van der Waals surface area (Å²) in [6, 6.07) is 4.71. The predicted octanol–water partition coefficient (Wildman–Crippen LogP) is 3.96. The molecular weight excluding hydrogens is 563 g/mol. The van der Waals surface area contributed by atoms with Crippen LogP contribution >= 0.6 is 11.6 Å². The highest BCUT2D eigenvalue weighted by atomic mass is 35.5. The Bertz CT molecular complexity index is 1430. The van der Waals surface area contributed by atoms with Gasteiger partial charge in [-0.2, -0.15) is 5.17 Å². The Labute approximate surface area is 240 Å². The van der Waals surface area contributed by atoms with E-state index in [1.54, 1.807) is 0 Å². The van der Waals surface area contributed by atoms with Gasteiger partial charge in [0.15, 0.2) is 17.3 Å². The summed E-state index contributed by atoms with van der Waals surface area (Å²) in [6.45, 7) is 2.26. The standard InChI is InChI=1S/C27H31ClF3N7O3/c1-33-25(26(39)34-11-14-8-9-37(2)13-14)17-5-4-16(22(30)24(17)32)21-18(29)6-7-19(23(21)31)36-38(40)20-10-15(28)12-35-27(20)41-3/h4-7,10,12,14,25,33,36,40H,8-9,11,13,32H2,1-3H3,(H,34,39). The molecule has 1 fully saturated rings. The molecule has 0 radical (unpaired) electrons. The van der Waals surface area contributed by atoms with E-state index in [1.165, 1.54) is 32.5 Å². The van der Waals surface area contributed by atoms with Crippen LogP contribution in [0.4, 0.5) is 30.2 Å². The minimum atomic E-state index is -1.21. The highest BCUT2D eigenvalue weighted by Gasteiger charge is 2.28. The number of carbonyl (C=O) groups excluding carboxylic acids is 1. The van der Waals surface area contributed by atoms with Gasteiger partial charge in [0.05, 0.1) is 29.1 Å². The summed E-state index contributed by atoms with van der Waals surface area (Å²) in [5, 5.41) is 16.7.